The standard InChI is InChI=1S/C15H33N3/c1-7-9-10-14(8-2)17-18(6)12-13(11-16)15(3,4)5/h12,14,17H,7-11,16H2,1-6H3/b13-12+. The third-order valence-corrected chi connectivity index (χ3v) is 3.32. The molecule has 0 radical (unpaired) electrons. The summed E-state index contributed by atoms with van der Waals surface area (Å²) in [6, 6.07) is 0.560. The van der Waals surface area contributed by atoms with Crippen molar-refractivity contribution < 1.29 is 0 Å². The Morgan fingerprint density at radius 2 is 1.94 bits per heavy atom. The Morgan fingerprint density at radius 3 is 2.33 bits per heavy atom. The lowest BCUT2D eigenvalue weighted by Crippen LogP contribution is -2.39. The summed E-state index contributed by atoms with van der Waals surface area (Å²) in [7, 11) is 2.07. The molecule has 0 saturated heterocycles. The van der Waals surface area contributed by atoms with Crippen LogP contribution in [0.25, 0.3) is 0 Å². The van der Waals surface area contributed by atoms with Crippen molar-refractivity contribution in [3.05, 3.63) is 11.8 Å². The molecule has 0 amide bonds. The molecule has 0 spiro atoms. The Bertz CT molecular complexity index is 241. The van der Waals surface area contributed by atoms with Crippen LogP contribution in [0.3, 0.4) is 0 Å². The van der Waals surface area contributed by atoms with Gasteiger partial charge in [-0.2, -0.15) is 0 Å². The fourth-order valence-electron chi connectivity index (χ4n) is 1.92. The Kier molecular flexibility index (Phi) is 8.29. The first-order valence-electron chi connectivity index (χ1n) is 7.25. The minimum Gasteiger partial charge on any atom is -0.327 e. The monoisotopic (exact) mass is 255 g/mol. The van der Waals surface area contributed by atoms with Gasteiger partial charge in [0.15, 0.2) is 0 Å². The Hall–Kier alpha value is -0.540. The summed E-state index contributed by atoms with van der Waals surface area (Å²) in [5.41, 5.74) is 10.8. The quantitative estimate of drug-likeness (QED) is 0.654. The molecule has 0 heterocycles. The zero-order valence-electron chi connectivity index (χ0n) is 13.2. The topological polar surface area (TPSA) is 41.3 Å². The highest BCUT2D eigenvalue weighted by molar-refractivity contribution is 5.11. The molecule has 3 heteroatoms. The van der Waals surface area contributed by atoms with Gasteiger partial charge in [0.1, 0.15) is 0 Å². The minimum atomic E-state index is 0.135. The van der Waals surface area contributed by atoms with Crippen molar-refractivity contribution in [1.82, 2.24) is 10.4 Å². The van der Waals surface area contributed by atoms with Crippen LogP contribution in [-0.4, -0.2) is 24.6 Å². The van der Waals surface area contributed by atoms with E-state index in [1.807, 2.05) is 0 Å². The second kappa shape index (κ2) is 8.54. The van der Waals surface area contributed by atoms with Crippen LogP contribution >= 0.6 is 0 Å². The molecule has 1 atom stereocenters. The first kappa shape index (κ1) is 17.5. The number of hydrazine groups is 1. The van der Waals surface area contributed by atoms with E-state index in [0.717, 1.165) is 6.42 Å². The van der Waals surface area contributed by atoms with Crippen LogP contribution in [-0.2, 0) is 0 Å². The molecule has 108 valence electrons. The number of nitrogens with zero attached hydrogens (tertiary/aromatic N) is 1. The van der Waals surface area contributed by atoms with Gasteiger partial charge < -0.3 is 10.7 Å². The van der Waals surface area contributed by atoms with Gasteiger partial charge in [-0.25, -0.2) is 5.43 Å². The van der Waals surface area contributed by atoms with E-state index in [4.69, 9.17) is 5.73 Å². The maximum absolute atomic E-state index is 5.83. The highest BCUT2D eigenvalue weighted by atomic mass is 15.5. The molecular formula is C15H33N3. The Labute approximate surface area is 114 Å². The lowest BCUT2D eigenvalue weighted by molar-refractivity contribution is 0.249. The second-order valence-corrected chi connectivity index (χ2v) is 6.10. The van der Waals surface area contributed by atoms with Gasteiger partial charge in [0.05, 0.1) is 0 Å². The highest BCUT2D eigenvalue weighted by Crippen LogP contribution is 2.24. The van der Waals surface area contributed by atoms with Crippen molar-refractivity contribution in [2.45, 2.75) is 66.3 Å². The van der Waals surface area contributed by atoms with Gasteiger partial charge in [-0.3, -0.25) is 0 Å². The Balaban J connectivity index is 4.45. The summed E-state index contributed by atoms with van der Waals surface area (Å²) in [6.45, 7) is 11.7. The lowest BCUT2D eigenvalue weighted by atomic mass is 9.87. The van der Waals surface area contributed by atoms with E-state index in [2.05, 4.69) is 58.3 Å². The normalized spacial score (nSPS) is 14.7. The maximum atomic E-state index is 5.83. The summed E-state index contributed by atoms with van der Waals surface area (Å²) >= 11 is 0. The number of hydrogen-bond donors (Lipinski definition) is 2. The summed E-state index contributed by atoms with van der Waals surface area (Å²) < 4.78 is 0. The largest absolute Gasteiger partial charge is 0.327 e. The number of nitrogens with one attached hydrogen (secondary N) is 1. The molecule has 0 aromatic carbocycles. The second-order valence-electron chi connectivity index (χ2n) is 6.10. The SMILES string of the molecule is CCCCC(CC)NN(C)/C=C(\CN)C(C)(C)C. The molecule has 3 nitrogen and oxygen atoms in total. The van der Waals surface area contributed by atoms with Crippen molar-refractivity contribution in [3.63, 3.8) is 0 Å². The molecule has 0 aliphatic rings. The van der Waals surface area contributed by atoms with Gasteiger partial charge in [-0.1, -0.05) is 47.5 Å². The van der Waals surface area contributed by atoms with Crippen LogP contribution in [0.5, 0.6) is 0 Å². The van der Waals surface area contributed by atoms with Crippen LogP contribution < -0.4 is 11.2 Å². The zero-order valence-corrected chi connectivity index (χ0v) is 13.2. The lowest BCUT2D eigenvalue weighted by Gasteiger charge is -2.28. The number of unbranched alkanes of at least 4 members (excludes halogenated alkanes) is 1. The molecule has 0 aromatic heterocycles. The molecule has 3 N–H and O–H groups in total. The number of hydrogen-bond acceptors (Lipinski definition) is 3. The average Bonchev–Trinajstić information content (AvgIpc) is 2.29. The molecule has 0 saturated carbocycles. The number of nitrogens with two attached hydrogens (primary N) is 1. The van der Waals surface area contributed by atoms with Crippen LogP contribution in [0.1, 0.15) is 60.3 Å². The molecule has 18 heavy (non-hydrogen) atoms. The van der Waals surface area contributed by atoms with Crippen LogP contribution in [0.2, 0.25) is 0 Å². The first-order valence-corrected chi connectivity index (χ1v) is 7.25. The van der Waals surface area contributed by atoms with Gasteiger partial charge >= 0.3 is 0 Å². The van der Waals surface area contributed by atoms with Crippen molar-refractivity contribution in [2.24, 2.45) is 11.1 Å². The van der Waals surface area contributed by atoms with Crippen molar-refractivity contribution in [3.8, 4) is 0 Å². The molecule has 1 unspecified atom stereocenters. The van der Waals surface area contributed by atoms with Crippen LogP contribution in [0.4, 0.5) is 0 Å². The van der Waals surface area contributed by atoms with Gasteiger partial charge in [-0.15, -0.1) is 0 Å². The summed E-state index contributed by atoms with van der Waals surface area (Å²) in [4.78, 5) is 0. The fraction of sp³-hybridized carbons (Fsp3) is 0.867. The van der Waals surface area contributed by atoms with E-state index in [1.165, 1.54) is 24.8 Å². The third kappa shape index (κ3) is 7.02. The van der Waals surface area contributed by atoms with Crippen molar-refractivity contribution >= 4 is 0 Å². The van der Waals surface area contributed by atoms with Gasteiger partial charge in [0.2, 0.25) is 0 Å². The van der Waals surface area contributed by atoms with Gasteiger partial charge in [0.25, 0.3) is 0 Å². The van der Waals surface area contributed by atoms with Crippen LogP contribution in [0.15, 0.2) is 11.8 Å². The van der Waals surface area contributed by atoms with Crippen molar-refractivity contribution in [2.75, 3.05) is 13.6 Å². The summed E-state index contributed by atoms with van der Waals surface area (Å²) in [5, 5.41) is 2.08. The molecular weight excluding hydrogens is 222 g/mol. The molecule has 0 aromatic rings. The van der Waals surface area contributed by atoms with E-state index in [0.29, 0.717) is 12.6 Å². The Morgan fingerprint density at radius 1 is 1.33 bits per heavy atom. The number of rotatable bonds is 8. The molecule has 0 aliphatic heterocycles. The van der Waals surface area contributed by atoms with Crippen molar-refractivity contribution in [1.29, 1.82) is 0 Å². The van der Waals surface area contributed by atoms with E-state index in [-0.39, 0.29) is 5.41 Å². The summed E-state index contributed by atoms with van der Waals surface area (Å²) in [5.74, 6) is 0. The van der Waals surface area contributed by atoms with Gasteiger partial charge in [0, 0.05) is 25.8 Å². The fourth-order valence-corrected chi connectivity index (χ4v) is 1.92. The molecule has 0 fully saturated rings. The molecule has 0 rings (SSSR count). The van der Waals surface area contributed by atoms with Crippen LogP contribution in [0, 0.1) is 5.41 Å². The van der Waals surface area contributed by atoms with E-state index in [9.17, 15) is 0 Å². The third-order valence-electron chi connectivity index (χ3n) is 3.32. The van der Waals surface area contributed by atoms with Gasteiger partial charge in [-0.05, 0) is 23.8 Å². The smallest absolute Gasteiger partial charge is 0.0259 e. The summed E-state index contributed by atoms with van der Waals surface area (Å²) in [6.07, 6.45) is 7.08. The highest BCUT2D eigenvalue weighted by Gasteiger charge is 2.16. The minimum absolute atomic E-state index is 0.135. The first-order chi connectivity index (χ1) is 8.35. The molecule has 0 aliphatic carbocycles. The predicted molar refractivity (Wildman–Crippen MR) is 81.1 cm³/mol. The predicted octanol–water partition coefficient (Wildman–Crippen LogP) is 3.28. The maximum Gasteiger partial charge on any atom is 0.0259 e. The van der Waals surface area contributed by atoms with E-state index in [1.54, 1.807) is 0 Å². The molecule has 0 bridgehead atoms. The van der Waals surface area contributed by atoms with E-state index >= 15 is 0 Å². The zero-order chi connectivity index (χ0) is 14.2. The van der Waals surface area contributed by atoms with E-state index < -0.39 is 0 Å². The average molecular weight is 255 g/mol.